The molecule has 328 valence electrons. The molecule has 0 heterocycles. The van der Waals surface area contributed by atoms with E-state index in [2.05, 4.69) is 54.8 Å². The molecule has 3 atom stereocenters. The number of carbonyl (C=O) groups excluding carboxylic acids is 2. The summed E-state index contributed by atoms with van der Waals surface area (Å²) in [6.45, 7) is 2.33. The molecule has 10 nitrogen and oxygen atoms in total. The van der Waals surface area contributed by atoms with Crippen molar-refractivity contribution in [3.63, 3.8) is 0 Å². The first-order valence-electron chi connectivity index (χ1n) is 22.4. The van der Waals surface area contributed by atoms with Gasteiger partial charge in [0.2, 0.25) is 0 Å². The molecular weight excluding hydrogens is 731 g/mol. The van der Waals surface area contributed by atoms with E-state index in [1.165, 1.54) is 109 Å². The smallest absolute Gasteiger partial charge is 0.462 e. The second-order valence-corrected chi connectivity index (χ2v) is 16.5. The van der Waals surface area contributed by atoms with Gasteiger partial charge in [-0.05, 0) is 51.4 Å². The highest BCUT2D eigenvalue weighted by Gasteiger charge is 2.27. The van der Waals surface area contributed by atoms with E-state index in [1.54, 1.807) is 0 Å². The first-order chi connectivity index (χ1) is 27.2. The van der Waals surface area contributed by atoms with Crippen molar-refractivity contribution in [1.82, 2.24) is 0 Å². The predicted octanol–water partition coefficient (Wildman–Crippen LogP) is 11.9. The van der Waals surface area contributed by atoms with E-state index in [9.17, 15) is 24.2 Å². The number of rotatable bonds is 42. The molecule has 0 bridgehead atoms. The molecule has 0 radical (unpaired) electrons. The van der Waals surface area contributed by atoms with Gasteiger partial charge in [-0.2, -0.15) is 0 Å². The summed E-state index contributed by atoms with van der Waals surface area (Å²) in [6.07, 6.45) is 42.5. The molecule has 0 aliphatic rings. The maximum absolute atomic E-state index is 12.6. The number of hydrogen-bond donors (Lipinski definition) is 3. The summed E-state index contributed by atoms with van der Waals surface area (Å²) in [4.78, 5) is 35.0. The predicted molar refractivity (Wildman–Crippen MR) is 228 cm³/mol. The Kier molecular flexibility index (Phi) is 40.0. The molecule has 0 amide bonds. The summed E-state index contributed by atoms with van der Waals surface area (Å²) in [5, 5.41) is 18.3. The van der Waals surface area contributed by atoms with Gasteiger partial charge < -0.3 is 24.6 Å². The zero-order chi connectivity index (χ0) is 41.2. The topological polar surface area (TPSA) is 149 Å². The molecule has 0 spiro atoms. The van der Waals surface area contributed by atoms with E-state index in [4.69, 9.17) is 19.1 Å². The number of carbonyl (C=O) groups is 2. The second kappa shape index (κ2) is 41.4. The third kappa shape index (κ3) is 40.4. The summed E-state index contributed by atoms with van der Waals surface area (Å²) in [5.74, 6) is -0.963. The van der Waals surface area contributed by atoms with Crippen LogP contribution in [0.15, 0.2) is 36.5 Å². The van der Waals surface area contributed by atoms with Gasteiger partial charge in [0.15, 0.2) is 6.10 Å². The first kappa shape index (κ1) is 54.2. The summed E-state index contributed by atoms with van der Waals surface area (Å²) in [7, 11) is -4.62. The Bertz CT molecular complexity index is 1030. The highest BCUT2D eigenvalue weighted by atomic mass is 31.2. The molecule has 11 heteroatoms. The van der Waals surface area contributed by atoms with E-state index in [0.29, 0.717) is 12.8 Å². The lowest BCUT2D eigenvalue weighted by molar-refractivity contribution is -0.161. The minimum absolute atomic E-state index is 0.179. The zero-order valence-corrected chi connectivity index (χ0v) is 36.5. The lowest BCUT2D eigenvalue weighted by Crippen LogP contribution is -2.29. The molecule has 0 rings (SSSR count). The monoisotopic (exact) mass is 815 g/mol. The molecule has 0 aliphatic heterocycles. The second-order valence-electron chi connectivity index (χ2n) is 15.1. The highest BCUT2D eigenvalue weighted by Crippen LogP contribution is 2.43. The van der Waals surface area contributed by atoms with Crippen LogP contribution in [0.3, 0.4) is 0 Å². The van der Waals surface area contributed by atoms with Gasteiger partial charge in [0.1, 0.15) is 12.7 Å². The quantitative estimate of drug-likeness (QED) is 0.0235. The van der Waals surface area contributed by atoms with E-state index in [0.717, 1.165) is 51.4 Å². The summed E-state index contributed by atoms with van der Waals surface area (Å²) in [5.41, 5.74) is 0. The lowest BCUT2D eigenvalue weighted by atomic mass is 10.0. The average molecular weight is 815 g/mol. The molecule has 0 saturated carbocycles. The molecule has 1 unspecified atom stereocenters. The molecule has 3 N–H and O–H groups in total. The fourth-order valence-corrected chi connectivity index (χ4v) is 6.85. The van der Waals surface area contributed by atoms with Crippen LogP contribution in [-0.2, 0) is 32.7 Å². The van der Waals surface area contributed by atoms with Crippen molar-refractivity contribution in [2.75, 3.05) is 26.4 Å². The zero-order valence-electron chi connectivity index (χ0n) is 35.6. The molecule has 0 aromatic carbocycles. The van der Waals surface area contributed by atoms with Gasteiger partial charge in [-0.1, -0.05) is 172 Å². The van der Waals surface area contributed by atoms with Crippen molar-refractivity contribution in [2.24, 2.45) is 0 Å². The Balaban J connectivity index is 4.30. The number of allylic oxidation sites excluding steroid dienone is 6. The van der Waals surface area contributed by atoms with Crippen molar-refractivity contribution in [3.05, 3.63) is 36.5 Å². The van der Waals surface area contributed by atoms with Gasteiger partial charge in [-0.25, -0.2) is 4.57 Å². The van der Waals surface area contributed by atoms with Crippen LogP contribution in [0, 0.1) is 0 Å². The van der Waals surface area contributed by atoms with Crippen molar-refractivity contribution in [3.8, 4) is 0 Å². The number of aliphatic hydroxyl groups is 2. The standard InChI is InChI=1S/C45H83O10P/c1-3-5-7-9-11-13-15-17-19-20-21-23-25-27-29-31-33-35-37-45(49)55-43(41-54-56(50,51)53-39-42(47)38-46)40-52-44(48)36-34-32-30-28-26-24-22-18-16-14-12-10-8-6-4-2/h12,14,18,22,26,28,42-43,46-47H,3-11,13,15-17,19-21,23-25,27,29-41H2,1-2H3,(H,50,51)/b14-12+,22-18+,28-26+/t42-,43+/m0/s1. The summed E-state index contributed by atoms with van der Waals surface area (Å²) in [6, 6.07) is 0. The molecular formula is C45H83O10P. The van der Waals surface area contributed by atoms with Crippen molar-refractivity contribution in [1.29, 1.82) is 0 Å². The number of ether oxygens (including phenoxy) is 2. The fourth-order valence-electron chi connectivity index (χ4n) is 6.06. The Labute approximate surface area is 341 Å². The van der Waals surface area contributed by atoms with Crippen LogP contribution >= 0.6 is 7.82 Å². The van der Waals surface area contributed by atoms with Crippen LogP contribution in [0.25, 0.3) is 0 Å². The largest absolute Gasteiger partial charge is 0.472 e. The molecule has 0 aromatic rings. The van der Waals surface area contributed by atoms with Crippen LogP contribution in [0.2, 0.25) is 0 Å². The Morgan fingerprint density at radius 3 is 1.43 bits per heavy atom. The van der Waals surface area contributed by atoms with Crippen LogP contribution in [0.1, 0.15) is 200 Å². The molecule has 0 aliphatic carbocycles. The Morgan fingerprint density at radius 1 is 0.536 bits per heavy atom. The SMILES string of the molecule is CCCCC/C=C/C/C=C/C/C=C/CCCCC(=O)OC[C@H](COP(=O)(O)OC[C@@H](O)CO)OC(=O)CCCCCCCCCCCCCCCCCCCC. The third-order valence-electron chi connectivity index (χ3n) is 9.55. The third-order valence-corrected chi connectivity index (χ3v) is 10.5. The van der Waals surface area contributed by atoms with E-state index >= 15 is 0 Å². The normalized spacial score (nSPS) is 14.2. The fraction of sp³-hybridized carbons (Fsp3) is 0.822. The maximum atomic E-state index is 12.6. The van der Waals surface area contributed by atoms with Gasteiger partial charge in [0.25, 0.3) is 0 Å². The first-order valence-corrected chi connectivity index (χ1v) is 23.9. The van der Waals surface area contributed by atoms with Gasteiger partial charge in [-0.15, -0.1) is 0 Å². The van der Waals surface area contributed by atoms with Crippen molar-refractivity contribution < 1.29 is 47.8 Å². The van der Waals surface area contributed by atoms with Gasteiger partial charge in [0.05, 0.1) is 19.8 Å². The summed E-state index contributed by atoms with van der Waals surface area (Å²) >= 11 is 0. The molecule has 56 heavy (non-hydrogen) atoms. The number of hydrogen-bond acceptors (Lipinski definition) is 9. The maximum Gasteiger partial charge on any atom is 0.472 e. The number of phosphoric acid groups is 1. The lowest BCUT2D eigenvalue weighted by Gasteiger charge is -2.20. The van der Waals surface area contributed by atoms with Crippen LogP contribution in [0.5, 0.6) is 0 Å². The van der Waals surface area contributed by atoms with Crippen molar-refractivity contribution >= 4 is 19.8 Å². The number of aliphatic hydroxyl groups excluding tert-OH is 2. The van der Waals surface area contributed by atoms with Crippen LogP contribution in [0.4, 0.5) is 0 Å². The molecule has 0 fully saturated rings. The minimum atomic E-state index is -4.62. The van der Waals surface area contributed by atoms with E-state index in [-0.39, 0.29) is 19.4 Å². The van der Waals surface area contributed by atoms with E-state index in [1.807, 2.05) is 0 Å². The minimum Gasteiger partial charge on any atom is -0.462 e. The van der Waals surface area contributed by atoms with E-state index < -0.39 is 51.8 Å². The van der Waals surface area contributed by atoms with Crippen molar-refractivity contribution in [2.45, 2.75) is 212 Å². The number of phosphoric ester groups is 1. The highest BCUT2D eigenvalue weighted by molar-refractivity contribution is 7.47. The summed E-state index contributed by atoms with van der Waals surface area (Å²) < 4.78 is 32.7. The Hall–Kier alpha value is -1.81. The number of unbranched alkanes of at least 4 members (excludes halogenated alkanes) is 22. The van der Waals surface area contributed by atoms with Gasteiger partial charge >= 0.3 is 19.8 Å². The van der Waals surface area contributed by atoms with Gasteiger partial charge in [0, 0.05) is 12.8 Å². The number of esters is 2. The Morgan fingerprint density at radius 2 is 0.929 bits per heavy atom. The average Bonchev–Trinajstić information content (AvgIpc) is 3.19. The van der Waals surface area contributed by atoms with Gasteiger partial charge in [-0.3, -0.25) is 18.6 Å². The molecule has 0 aromatic heterocycles. The van der Waals surface area contributed by atoms with Crippen LogP contribution in [-0.4, -0.2) is 65.7 Å². The van der Waals surface area contributed by atoms with Crippen LogP contribution < -0.4 is 0 Å². The molecule has 0 saturated heterocycles.